The van der Waals surface area contributed by atoms with Crippen LogP contribution in [0.4, 0.5) is 5.82 Å². The molecule has 0 radical (unpaired) electrons. The highest BCUT2D eigenvalue weighted by atomic mass is 16.5. The second-order valence-corrected chi connectivity index (χ2v) is 7.92. The first kappa shape index (κ1) is 20.1. The molecule has 0 saturated carbocycles. The van der Waals surface area contributed by atoms with E-state index in [-0.39, 0.29) is 12.5 Å². The van der Waals surface area contributed by atoms with E-state index in [0.29, 0.717) is 12.3 Å². The van der Waals surface area contributed by atoms with Gasteiger partial charge in [0.05, 0.1) is 5.69 Å². The molecule has 1 aliphatic rings. The summed E-state index contributed by atoms with van der Waals surface area (Å²) in [5, 5.41) is 4.80. The summed E-state index contributed by atoms with van der Waals surface area (Å²) in [7, 11) is 0. The second-order valence-electron chi connectivity index (χ2n) is 7.92. The largest absolute Gasteiger partial charge is 0.484 e. The number of para-hydroxylation sites is 1. The average molecular weight is 424 g/mol. The zero-order chi connectivity index (χ0) is 21.9. The predicted molar refractivity (Wildman–Crippen MR) is 127 cm³/mol. The summed E-state index contributed by atoms with van der Waals surface area (Å²) < 4.78 is 7.73. The molecule has 0 aliphatic carbocycles. The summed E-state index contributed by atoms with van der Waals surface area (Å²) in [6, 6.07) is 28.1. The maximum absolute atomic E-state index is 13.2. The van der Waals surface area contributed by atoms with E-state index >= 15 is 0 Å². The van der Waals surface area contributed by atoms with Crippen molar-refractivity contribution in [2.75, 3.05) is 18.1 Å². The highest BCUT2D eigenvalue weighted by Gasteiger charge is 2.30. The van der Waals surface area contributed by atoms with Crippen molar-refractivity contribution in [2.24, 2.45) is 0 Å². The highest BCUT2D eigenvalue weighted by Crippen LogP contribution is 2.41. The van der Waals surface area contributed by atoms with Gasteiger partial charge in [-0.2, -0.15) is 5.10 Å². The molecule has 0 saturated heterocycles. The number of hydrogen-bond acceptors (Lipinski definition) is 3. The zero-order valence-corrected chi connectivity index (χ0v) is 18.1. The van der Waals surface area contributed by atoms with Crippen molar-refractivity contribution < 1.29 is 9.53 Å². The SMILES string of the molecule is Cc1nn2c(c1-c1ccccc1-c1ccccc1)N(C(=O)COc1ccccc1)CCC2. The third-order valence-electron chi connectivity index (χ3n) is 5.80. The molecule has 1 amide bonds. The Hall–Kier alpha value is -3.86. The minimum Gasteiger partial charge on any atom is -0.484 e. The lowest BCUT2D eigenvalue weighted by Crippen LogP contribution is -2.40. The van der Waals surface area contributed by atoms with Crippen LogP contribution in [-0.2, 0) is 11.3 Å². The molecule has 160 valence electrons. The summed E-state index contributed by atoms with van der Waals surface area (Å²) in [4.78, 5) is 15.1. The van der Waals surface area contributed by atoms with E-state index in [1.165, 1.54) is 0 Å². The van der Waals surface area contributed by atoms with Crippen LogP contribution in [-0.4, -0.2) is 28.8 Å². The molecule has 0 spiro atoms. The number of ether oxygens (including phenoxy) is 1. The monoisotopic (exact) mass is 423 g/mol. The van der Waals surface area contributed by atoms with Crippen molar-refractivity contribution >= 4 is 11.7 Å². The minimum atomic E-state index is -0.0619. The van der Waals surface area contributed by atoms with E-state index in [9.17, 15) is 4.79 Å². The van der Waals surface area contributed by atoms with Crippen LogP contribution in [0.15, 0.2) is 84.9 Å². The van der Waals surface area contributed by atoms with Crippen LogP contribution in [0, 0.1) is 6.92 Å². The van der Waals surface area contributed by atoms with Gasteiger partial charge in [0, 0.05) is 18.7 Å². The first-order valence-corrected chi connectivity index (χ1v) is 10.9. The Morgan fingerprint density at radius 3 is 2.28 bits per heavy atom. The third-order valence-corrected chi connectivity index (χ3v) is 5.80. The number of nitrogens with zero attached hydrogens (tertiary/aromatic N) is 3. The number of carbonyl (C=O) groups is 1. The Balaban J connectivity index is 1.54. The van der Waals surface area contributed by atoms with Gasteiger partial charge in [-0.05, 0) is 42.2 Å². The number of aryl methyl sites for hydroxylation is 2. The predicted octanol–water partition coefficient (Wildman–Crippen LogP) is 5.34. The molecule has 4 aromatic rings. The molecule has 32 heavy (non-hydrogen) atoms. The molecule has 0 atom stereocenters. The molecule has 0 bridgehead atoms. The van der Waals surface area contributed by atoms with E-state index in [1.807, 2.05) is 77.2 Å². The number of hydrogen-bond donors (Lipinski definition) is 0. The highest BCUT2D eigenvalue weighted by molar-refractivity contribution is 6.00. The quantitative estimate of drug-likeness (QED) is 0.435. The molecular weight excluding hydrogens is 398 g/mol. The van der Waals surface area contributed by atoms with Gasteiger partial charge in [-0.3, -0.25) is 9.69 Å². The van der Waals surface area contributed by atoms with E-state index in [0.717, 1.165) is 46.7 Å². The Labute approximate surface area is 187 Å². The van der Waals surface area contributed by atoms with Crippen LogP contribution >= 0.6 is 0 Å². The maximum Gasteiger partial charge on any atom is 0.266 e. The van der Waals surface area contributed by atoms with Crippen molar-refractivity contribution in [3.63, 3.8) is 0 Å². The lowest BCUT2D eigenvalue weighted by molar-refractivity contribution is -0.120. The second kappa shape index (κ2) is 8.71. The zero-order valence-electron chi connectivity index (χ0n) is 18.1. The Kier molecular flexibility index (Phi) is 5.46. The first-order valence-electron chi connectivity index (χ1n) is 10.9. The molecule has 5 rings (SSSR count). The van der Waals surface area contributed by atoms with Crippen molar-refractivity contribution in [1.82, 2.24) is 9.78 Å². The Morgan fingerprint density at radius 2 is 1.53 bits per heavy atom. The lowest BCUT2D eigenvalue weighted by atomic mass is 9.94. The van der Waals surface area contributed by atoms with Crippen molar-refractivity contribution in [3.05, 3.63) is 90.6 Å². The molecule has 1 aliphatic heterocycles. The van der Waals surface area contributed by atoms with E-state index in [2.05, 4.69) is 24.3 Å². The lowest BCUT2D eigenvalue weighted by Gasteiger charge is -2.29. The summed E-state index contributed by atoms with van der Waals surface area (Å²) in [5.74, 6) is 1.49. The van der Waals surface area contributed by atoms with E-state index < -0.39 is 0 Å². The van der Waals surface area contributed by atoms with Crippen molar-refractivity contribution in [2.45, 2.75) is 19.9 Å². The third kappa shape index (κ3) is 3.78. The van der Waals surface area contributed by atoms with Gasteiger partial charge in [0.25, 0.3) is 5.91 Å². The standard InChI is InChI=1S/C27H25N3O2/c1-20-26(24-16-9-8-15-23(24)21-11-4-2-5-12-21)27-29(17-10-18-30(27)28-20)25(31)19-32-22-13-6-3-7-14-22/h2-9,11-16H,10,17-19H2,1H3. The van der Waals surface area contributed by atoms with Crippen LogP contribution in [0.3, 0.4) is 0 Å². The van der Waals surface area contributed by atoms with Crippen LogP contribution in [0.1, 0.15) is 12.1 Å². The molecule has 1 aromatic heterocycles. The normalized spacial score (nSPS) is 13.0. The number of amides is 1. The summed E-state index contributed by atoms with van der Waals surface area (Å²) in [6.45, 7) is 3.47. The fourth-order valence-corrected chi connectivity index (χ4v) is 4.35. The number of rotatable bonds is 5. The fraction of sp³-hybridized carbons (Fsp3) is 0.185. The van der Waals surface area contributed by atoms with Crippen LogP contribution in [0.5, 0.6) is 5.75 Å². The summed E-state index contributed by atoms with van der Waals surface area (Å²) >= 11 is 0. The molecule has 0 N–H and O–H groups in total. The van der Waals surface area contributed by atoms with Gasteiger partial charge in [-0.1, -0.05) is 72.8 Å². The number of benzene rings is 3. The number of aromatic nitrogens is 2. The van der Waals surface area contributed by atoms with Crippen LogP contribution in [0.25, 0.3) is 22.3 Å². The van der Waals surface area contributed by atoms with E-state index in [4.69, 9.17) is 9.84 Å². The van der Waals surface area contributed by atoms with Gasteiger partial charge in [0.15, 0.2) is 6.61 Å². The summed E-state index contributed by atoms with van der Waals surface area (Å²) in [5.41, 5.74) is 5.29. The Morgan fingerprint density at radius 1 is 0.875 bits per heavy atom. The molecule has 0 fully saturated rings. The molecule has 3 aromatic carbocycles. The molecule has 5 heteroatoms. The molecular formula is C27H25N3O2. The molecule has 5 nitrogen and oxygen atoms in total. The van der Waals surface area contributed by atoms with Gasteiger partial charge in [0.1, 0.15) is 11.6 Å². The average Bonchev–Trinajstić information content (AvgIpc) is 3.19. The molecule has 0 unspecified atom stereocenters. The van der Waals surface area contributed by atoms with E-state index in [1.54, 1.807) is 0 Å². The van der Waals surface area contributed by atoms with Gasteiger partial charge < -0.3 is 4.74 Å². The minimum absolute atomic E-state index is 0.00594. The maximum atomic E-state index is 13.2. The van der Waals surface area contributed by atoms with Gasteiger partial charge >= 0.3 is 0 Å². The first-order chi connectivity index (χ1) is 15.7. The Bertz CT molecular complexity index is 1230. The van der Waals surface area contributed by atoms with Crippen LogP contribution < -0.4 is 9.64 Å². The van der Waals surface area contributed by atoms with Gasteiger partial charge in [-0.25, -0.2) is 4.68 Å². The number of carbonyl (C=O) groups excluding carboxylic acids is 1. The van der Waals surface area contributed by atoms with Crippen molar-refractivity contribution in [1.29, 1.82) is 0 Å². The molecule has 2 heterocycles. The van der Waals surface area contributed by atoms with Crippen molar-refractivity contribution in [3.8, 4) is 28.0 Å². The summed E-state index contributed by atoms with van der Waals surface area (Å²) in [6.07, 6.45) is 0.866. The smallest absolute Gasteiger partial charge is 0.266 e. The van der Waals surface area contributed by atoms with Gasteiger partial charge in [0.2, 0.25) is 0 Å². The number of fused-ring (bicyclic) bond motifs is 1. The van der Waals surface area contributed by atoms with Crippen LogP contribution in [0.2, 0.25) is 0 Å². The topological polar surface area (TPSA) is 47.4 Å². The fourth-order valence-electron chi connectivity index (χ4n) is 4.35. The van der Waals surface area contributed by atoms with Gasteiger partial charge in [-0.15, -0.1) is 0 Å². The number of anilines is 1.